The van der Waals surface area contributed by atoms with Gasteiger partial charge in [0.2, 0.25) is 5.91 Å². The lowest BCUT2D eigenvalue weighted by atomic mass is 10.0. The van der Waals surface area contributed by atoms with Crippen molar-refractivity contribution < 1.29 is 9.53 Å². The molecule has 0 saturated carbocycles. The molecule has 0 radical (unpaired) electrons. The van der Waals surface area contributed by atoms with Crippen molar-refractivity contribution in [2.24, 2.45) is 5.10 Å². The molecule has 5 nitrogen and oxygen atoms in total. The molecule has 0 heterocycles. The molecular formula is C27H20BrN3O2. The Morgan fingerprint density at radius 2 is 1.70 bits per heavy atom. The van der Waals surface area contributed by atoms with Gasteiger partial charge >= 0.3 is 0 Å². The second kappa shape index (κ2) is 10.6. The maximum atomic E-state index is 12.3. The van der Waals surface area contributed by atoms with E-state index in [2.05, 4.69) is 32.5 Å². The smallest absolute Gasteiger partial charge is 0.244 e. The zero-order valence-corrected chi connectivity index (χ0v) is 19.2. The van der Waals surface area contributed by atoms with E-state index in [0.717, 1.165) is 31.9 Å². The van der Waals surface area contributed by atoms with E-state index in [-0.39, 0.29) is 12.3 Å². The lowest BCUT2D eigenvalue weighted by molar-refractivity contribution is -0.120. The van der Waals surface area contributed by atoms with Gasteiger partial charge in [0.15, 0.2) is 0 Å². The molecule has 0 spiro atoms. The molecule has 0 unspecified atom stereocenters. The molecule has 0 aliphatic rings. The predicted octanol–water partition coefficient (Wildman–Crippen LogP) is 5.75. The first-order valence-corrected chi connectivity index (χ1v) is 11.1. The summed E-state index contributed by atoms with van der Waals surface area (Å²) in [6.45, 7) is 0.348. The minimum atomic E-state index is -0.200. The van der Waals surface area contributed by atoms with Crippen molar-refractivity contribution in [3.05, 3.63) is 112 Å². The van der Waals surface area contributed by atoms with Gasteiger partial charge < -0.3 is 4.74 Å². The highest BCUT2D eigenvalue weighted by atomic mass is 79.9. The fraction of sp³-hybridized carbons (Fsp3) is 0.0741. The van der Waals surface area contributed by atoms with Crippen LogP contribution in [0.5, 0.6) is 5.75 Å². The molecule has 1 N–H and O–H groups in total. The Balaban J connectivity index is 1.51. The zero-order valence-electron chi connectivity index (χ0n) is 17.7. The Morgan fingerprint density at radius 1 is 0.970 bits per heavy atom. The van der Waals surface area contributed by atoms with Crippen molar-refractivity contribution in [2.45, 2.75) is 13.0 Å². The minimum Gasteiger partial charge on any atom is -0.488 e. The van der Waals surface area contributed by atoms with Crippen LogP contribution in [0.2, 0.25) is 0 Å². The molecule has 0 fully saturated rings. The van der Waals surface area contributed by atoms with E-state index in [0.29, 0.717) is 17.9 Å². The normalized spacial score (nSPS) is 10.8. The van der Waals surface area contributed by atoms with Crippen LogP contribution in [0.1, 0.15) is 22.3 Å². The second-order valence-electron chi connectivity index (χ2n) is 7.39. The summed E-state index contributed by atoms with van der Waals surface area (Å²) in [6, 6.07) is 28.8. The van der Waals surface area contributed by atoms with Crippen molar-refractivity contribution in [3.8, 4) is 11.8 Å². The number of benzene rings is 4. The summed E-state index contributed by atoms with van der Waals surface area (Å²) >= 11 is 3.39. The molecule has 0 aliphatic heterocycles. The van der Waals surface area contributed by atoms with E-state index < -0.39 is 0 Å². The lowest BCUT2D eigenvalue weighted by Gasteiger charge is -2.12. The van der Waals surface area contributed by atoms with E-state index in [4.69, 9.17) is 10.00 Å². The number of nitrogens with one attached hydrogen (secondary N) is 1. The van der Waals surface area contributed by atoms with Crippen LogP contribution >= 0.6 is 15.9 Å². The molecule has 0 aromatic heterocycles. The highest BCUT2D eigenvalue weighted by Gasteiger charge is 2.09. The van der Waals surface area contributed by atoms with Crippen LogP contribution in [0.15, 0.2) is 94.5 Å². The SMILES string of the molecule is N#Cc1ccc(COc2ccc3ccccc3c2/C=N\NC(=O)Cc2ccc(Br)cc2)cc1. The Bertz CT molecular complexity index is 1340. The number of nitrogens with zero attached hydrogens (tertiary/aromatic N) is 2. The number of fused-ring (bicyclic) bond motifs is 1. The minimum absolute atomic E-state index is 0.200. The molecule has 162 valence electrons. The van der Waals surface area contributed by atoms with Gasteiger partial charge in [-0.3, -0.25) is 4.79 Å². The third-order valence-corrected chi connectivity index (χ3v) is 5.60. The number of hydrazone groups is 1. The first kappa shape index (κ1) is 22.3. The van der Waals surface area contributed by atoms with Crippen LogP contribution in [0.3, 0.4) is 0 Å². The molecule has 33 heavy (non-hydrogen) atoms. The summed E-state index contributed by atoms with van der Waals surface area (Å²) in [7, 11) is 0. The van der Waals surface area contributed by atoms with Gasteiger partial charge in [0.05, 0.1) is 24.3 Å². The highest BCUT2D eigenvalue weighted by Crippen LogP contribution is 2.27. The number of carbonyl (C=O) groups is 1. The zero-order chi connectivity index (χ0) is 23.0. The molecule has 6 heteroatoms. The standard InChI is InChI=1S/C27H20BrN3O2/c28-23-12-9-19(10-13-23)15-27(32)31-30-17-25-24-4-2-1-3-22(24)11-14-26(25)33-18-21-7-5-20(16-29)6-8-21/h1-14,17H,15,18H2,(H,31,32)/b30-17-. The average molecular weight is 498 g/mol. The molecule has 1 amide bonds. The van der Waals surface area contributed by atoms with Gasteiger partial charge in [-0.15, -0.1) is 0 Å². The third-order valence-electron chi connectivity index (χ3n) is 5.07. The number of rotatable bonds is 7. The Morgan fingerprint density at radius 3 is 2.45 bits per heavy atom. The number of halogens is 1. The van der Waals surface area contributed by atoms with E-state index >= 15 is 0 Å². The second-order valence-corrected chi connectivity index (χ2v) is 8.31. The maximum absolute atomic E-state index is 12.3. The third kappa shape index (κ3) is 5.85. The van der Waals surface area contributed by atoms with Gasteiger partial charge in [-0.05, 0) is 52.2 Å². The number of ether oxygens (including phenoxy) is 1. The van der Waals surface area contributed by atoms with Crippen LogP contribution in [0.4, 0.5) is 0 Å². The van der Waals surface area contributed by atoms with Crippen LogP contribution < -0.4 is 10.2 Å². The number of carbonyl (C=O) groups excluding carboxylic acids is 1. The molecule has 0 bridgehead atoms. The largest absolute Gasteiger partial charge is 0.488 e. The summed E-state index contributed by atoms with van der Waals surface area (Å²) in [4.78, 5) is 12.3. The lowest BCUT2D eigenvalue weighted by Crippen LogP contribution is -2.19. The summed E-state index contributed by atoms with van der Waals surface area (Å²) in [6.07, 6.45) is 1.86. The number of nitriles is 1. The summed E-state index contributed by atoms with van der Waals surface area (Å²) < 4.78 is 7.04. The predicted molar refractivity (Wildman–Crippen MR) is 133 cm³/mol. The van der Waals surface area contributed by atoms with E-state index in [9.17, 15) is 4.79 Å². The molecule has 4 aromatic carbocycles. The fourth-order valence-electron chi connectivity index (χ4n) is 3.37. The van der Waals surface area contributed by atoms with E-state index in [1.54, 1.807) is 18.3 Å². The van der Waals surface area contributed by atoms with Crippen LogP contribution in [0.25, 0.3) is 10.8 Å². The molecular weight excluding hydrogens is 478 g/mol. The molecule has 4 aromatic rings. The maximum Gasteiger partial charge on any atom is 0.244 e. The van der Waals surface area contributed by atoms with Crippen molar-refractivity contribution in [1.29, 1.82) is 5.26 Å². The quantitative estimate of drug-likeness (QED) is 0.261. The van der Waals surface area contributed by atoms with Crippen LogP contribution in [0, 0.1) is 11.3 Å². The van der Waals surface area contributed by atoms with Gasteiger partial charge in [-0.1, -0.05) is 70.5 Å². The highest BCUT2D eigenvalue weighted by molar-refractivity contribution is 9.10. The summed E-state index contributed by atoms with van der Waals surface area (Å²) in [5.41, 5.74) is 5.85. The van der Waals surface area contributed by atoms with Crippen molar-refractivity contribution >= 4 is 38.8 Å². The topological polar surface area (TPSA) is 74.5 Å². The van der Waals surface area contributed by atoms with Gasteiger partial charge in [0.1, 0.15) is 12.4 Å². The van der Waals surface area contributed by atoms with Gasteiger partial charge in [0.25, 0.3) is 0 Å². The Kier molecular flexibility index (Phi) is 7.13. The number of hydrogen-bond donors (Lipinski definition) is 1. The first-order chi connectivity index (χ1) is 16.1. The Labute approximate surface area is 200 Å². The Hall–Kier alpha value is -3.95. The molecule has 0 saturated heterocycles. The fourth-order valence-corrected chi connectivity index (χ4v) is 3.63. The van der Waals surface area contributed by atoms with Crippen LogP contribution in [-0.4, -0.2) is 12.1 Å². The monoisotopic (exact) mass is 497 g/mol. The molecule has 0 aliphatic carbocycles. The number of amides is 1. The van der Waals surface area contributed by atoms with Gasteiger partial charge in [-0.25, -0.2) is 5.43 Å². The summed E-state index contributed by atoms with van der Waals surface area (Å²) in [5.74, 6) is 0.456. The molecule has 0 atom stereocenters. The van der Waals surface area contributed by atoms with Crippen LogP contribution in [-0.2, 0) is 17.8 Å². The van der Waals surface area contributed by atoms with Gasteiger partial charge in [-0.2, -0.15) is 10.4 Å². The molecule has 4 rings (SSSR count). The van der Waals surface area contributed by atoms with Gasteiger partial charge in [0, 0.05) is 10.0 Å². The average Bonchev–Trinajstić information content (AvgIpc) is 2.85. The van der Waals surface area contributed by atoms with E-state index in [1.807, 2.05) is 72.8 Å². The first-order valence-electron chi connectivity index (χ1n) is 10.3. The van der Waals surface area contributed by atoms with Crippen molar-refractivity contribution in [3.63, 3.8) is 0 Å². The van der Waals surface area contributed by atoms with Crippen molar-refractivity contribution in [1.82, 2.24) is 5.43 Å². The number of hydrogen-bond acceptors (Lipinski definition) is 4. The van der Waals surface area contributed by atoms with Crippen molar-refractivity contribution in [2.75, 3.05) is 0 Å². The summed E-state index contributed by atoms with van der Waals surface area (Å²) in [5, 5.41) is 15.2. The van der Waals surface area contributed by atoms with E-state index in [1.165, 1.54) is 0 Å².